The van der Waals surface area contributed by atoms with Gasteiger partial charge in [0.2, 0.25) is 0 Å². The van der Waals surface area contributed by atoms with Crippen molar-refractivity contribution < 1.29 is 10.2 Å². The molecule has 0 spiro atoms. The van der Waals surface area contributed by atoms with E-state index in [4.69, 9.17) is 0 Å². The van der Waals surface area contributed by atoms with Gasteiger partial charge in [-0.3, -0.25) is 0 Å². The summed E-state index contributed by atoms with van der Waals surface area (Å²) in [7, 11) is 0. The van der Waals surface area contributed by atoms with E-state index in [0.29, 0.717) is 0 Å². The average molecular weight is 192 g/mol. The van der Waals surface area contributed by atoms with Crippen molar-refractivity contribution in [3.8, 4) is 0 Å². The highest BCUT2D eigenvalue weighted by Crippen LogP contribution is 2.22. The van der Waals surface area contributed by atoms with Crippen LogP contribution in [0.5, 0.6) is 0 Å². The molecule has 0 aliphatic rings. The van der Waals surface area contributed by atoms with E-state index in [2.05, 4.69) is 6.58 Å². The van der Waals surface area contributed by atoms with Crippen molar-refractivity contribution in [2.75, 3.05) is 0 Å². The van der Waals surface area contributed by atoms with Gasteiger partial charge in [-0.25, -0.2) is 0 Å². The minimum atomic E-state index is -0.796. The third-order valence-electron chi connectivity index (χ3n) is 2.30. The zero-order valence-electron chi connectivity index (χ0n) is 8.30. The van der Waals surface area contributed by atoms with E-state index in [-0.39, 0.29) is 5.92 Å². The van der Waals surface area contributed by atoms with Gasteiger partial charge in [-0.05, 0) is 12.5 Å². The molecule has 2 N–H and O–H groups in total. The van der Waals surface area contributed by atoms with E-state index in [0.717, 1.165) is 5.56 Å². The van der Waals surface area contributed by atoms with Gasteiger partial charge < -0.3 is 10.2 Å². The third-order valence-corrected chi connectivity index (χ3v) is 2.30. The van der Waals surface area contributed by atoms with Crippen LogP contribution in [0.25, 0.3) is 0 Å². The first-order valence-electron chi connectivity index (χ1n) is 4.70. The van der Waals surface area contributed by atoms with Crippen molar-refractivity contribution in [3.05, 3.63) is 48.6 Å². The highest BCUT2D eigenvalue weighted by atomic mass is 16.3. The fraction of sp³-hybridized carbons (Fsp3) is 0.333. The number of aliphatic hydroxyl groups is 2. The lowest BCUT2D eigenvalue weighted by Gasteiger charge is -2.22. The van der Waals surface area contributed by atoms with Crippen LogP contribution in [0, 0.1) is 0 Å². The molecule has 0 heterocycles. The molecule has 0 aliphatic heterocycles. The second-order valence-electron chi connectivity index (χ2n) is 3.40. The Morgan fingerprint density at radius 2 is 1.79 bits per heavy atom. The molecule has 2 nitrogen and oxygen atoms in total. The molecule has 2 heteroatoms. The molecular weight excluding hydrogens is 176 g/mol. The van der Waals surface area contributed by atoms with Gasteiger partial charge in [0.1, 0.15) is 0 Å². The predicted molar refractivity (Wildman–Crippen MR) is 57.1 cm³/mol. The molecule has 1 aromatic rings. The van der Waals surface area contributed by atoms with Crippen molar-refractivity contribution in [2.45, 2.75) is 25.0 Å². The first-order chi connectivity index (χ1) is 6.66. The van der Waals surface area contributed by atoms with Gasteiger partial charge in [-0.15, -0.1) is 6.58 Å². The minimum absolute atomic E-state index is 0.212. The molecule has 0 unspecified atom stereocenters. The van der Waals surface area contributed by atoms with Gasteiger partial charge in [0, 0.05) is 5.92 Å². The molecule has 1 rings (SSSR count). The zero-order chi connectivity index (χ0) is 10.6. The van der Waals surface area contributed by atoms with Crippen LogP contribution in [0.15, 0.2) is 43.0 Å². The molecule has 0 aliphatic carbocycles. The smallest absolute Gasteiger partial charge is 0.0899 e. The van der Waals surface area contributed by atoms with Crippen LogP contribution in [0.1, 0.15) is 18.4 Å². The predicted octanol–water partition coefficient (Wildman–Crippen LogP) is 1.70. The van der Waals surface area contributed by atoms with E-state index < -0.39 is 12.2 Å². The first-order valence-corrected chi connectivity index (χ1v) is 4.70. The van der Waals surface area contributed by atoms with E-state index in [1.165, 1.54) is 0 Å². The number of hydrogen-bond acceptors (Lipinski definition) is 2. The van der Waals surface area contributed by atoms with E-state index >= 15 is 0 Å². The summed E-state index contributed by atoms with van der Waals surface area (Å²) in [5.41, 5.74) is 0.968. The monoisotopic (exact) mass is 192 g/mol. The van der Waals surface area contributed by atoms with Crippen LogP contribution < -0.4 is 0 Å². The van der Waals surface area contributed by atoms with Gasteiger partial charge >= 0.3 is 0 Å². The van der Waals surface area contributed by atoms with Crippen LogP contribution in [-0.2, 0) is 0 Å². The van der Waals surface area contributed by atoms with Crippen molar-refractivity contribution in [1.29, 1.82) is 0 Å². The summed E-state index contributed by atoms with van der Waals surface area (Å²) in [5.74, 6) is -0.212. The molecule has 0 saturated carbocycles. The Hall–Kier alpha value is -1.12. The molecule has 0 bridgehead atoms. The third kappa shape index (κ3) is 2.44. The molecule has 0 radical (unpaired) electrons. The summed E-state index contributed by atoms with van der Waals surface area (Å²) in [6.45, 7) is 5.24. The topological polar surface area (TPSA) is 40.5 Å². The highest BCUT2D eigenvalue weighted by molar-refractivity contribution is 5.24. The van der Waals surface area contributed by atoms with Gasteiger partial charge in [0.25, 0.3) is 0 Å². The molecule has 76 valence electrons. The van der Waals surface area contributed by atoms with Crippen LogP contribution >= 0.6 is 0 Å². The van der Waals surface area contributed by atoms with E-state index in [9.17, 15) is 10.2 Å². The largest absolute Gasteiger partial charge is 0.391 e. The summed E-state index contributed by atoms with van der Waals surface area (Å²) in [6.07, 6.45) is 0.111. The second-order valence-corrected chi connectivity index (χ2v) is 3.40. The van der Waals surface area contributed by atoms with Crippen molar-refractivity contribution in [2.24, 2.45) is 0 Å². The Balaban J connectivity index is 2.88. The summed E-state index contributed by atoms with van der Waals surface area (Å²) >= 11 is 0. The maximum Gasteiger partial charge on any atom is 0.0899 e. The molecule has 3 atom stereocenters. The van der Waals surface area contributed by atoms with E-state index in [1.54, 1.807) is 13.0 Å². The Morgan fingerprint density at radius 3 is 2.21 bits per heavy atom. The van der Waals surface area contributed by atoms with E-state index in [1.807, 2.05) is 30.3 Å². The summed E-state index contributed by atoms with van der Waals surface area (Å²) in [5, 5.41) is 19.0. The summed E-state index contributed by atoms with van der Waals surface area (Å²) in [6, 6.07) is 9.55. The lowest BCUT2D eigenvalue weighted by Crippen LogP contribution is -2.28. The van der Waals surface area contributed by atoms with Crippen molar-refractivity contribution >= 4 is 0 Å². The Bertz CT molecular complexity index is 280. The summed E-state index contributed by atoms with van der Waals surface area (Å²) in [4.78, 5) is 0. The highest BCUT2D eigenvalue weighted by Gasteiger charge is 2.21. The van der Waals surface area contributed by atoms with Crippen molar-refractivity contribution in [3.63, 3.8) is 0 Å². The maximum absolute atomic E-state index is 9.72. The van der Waals surface area contributed by atoms with Crippen molar-refractivity contribution in [1.82, 2.24) is 0 Å². The Kier molecular flexibility index (Phi) is 3.86. The fourth-order valence-electron chi connectivity index (χ4n) is 1.45. The van der Waals surface area contributed by atoms with Crippen LogP contribution in [-0.4, -0.2) is 22.4 Å². The van der Waals surface area contributed by atoms with Gasteiger partial charge in [0.05, 0.1) is 12.2 Å². The molecule has 0 amide bonds. The average Bonchev–Trinajstić information content (AvgIpc) is 2.20. The number of benzene rings is 1. The minimum Gasteiger partial charge on any atom is -0.391 e. The van der Waals surface area contributed by atoms with Gasteiger partial charge in [0.15, 0.2) is 0 Å². The van der Waals surface area contributed by atoms with Gasteiger partial charge in [-0.1, -0.05) is 36.4 Å². The Labute approximate surface area is 84.5 Å². The molecule has 0 fully saturated rings. The molecule has 0 saturated heterocycles. The zero-order valence-corrected chi connectivity index (χ0v) is 8.30. The van der Waals surface area contributed by atoms with Gasteiger partial charge in [-0.2, -0.15) is 0 Å². The lowest BCUT2D eigenvalue weighted by atomic mass is 9.91. The molecule has 0 aromatic heterocycles. The SMILES string of the molecule is C=C[C@@H](c1ccccc1)[C@@H](O)[C@@H](C)O. The molecule has 14 heavy (non-hydrogen) atoms. The quantitative estimate of drug-likeness (QED) is 0.713. The maximum atomic E-state index is 9.72. The fourth-order valence-corrected chi connectivity index (χ4v) is 1.45. The van der Waals surface area contributed by atoms with Crippen LogP contribution in [0.3, 0.4) is 0 Å². The molecular formula is C12H16O2. The number of hydrogen-bond donors (Lipinski definition) is 2. The standard InChI is InChI=1S/C12H16O2/c1-3-11(12(14)9(2)13)10-7-5-4-6-8-10/h3-9,11-14H,1H2,2H3/t9-,11+,12+/m1/s1. The van der Waals surface area contributed by atoms with Crippen LogP contribution in [0.2, 0.25) is 0 Å². The molecule has 1 aromatic carbocycles. The first kappa shape index (κ1) is 11.0. The number of rotatable bonds is 4. The Morgan fingerprint density at radius 1 is 1.21 bits per heavy atom. The second kappa shape index (κ2) is 4.94. The normalized spacial score (nSPS) is 17.1. The summed E-state index contributed by atoms with van der Waals surface area (Å²) < 4.78 is 0. The van der Waals surface area contributed by atoms with Crippen LogP contribution in [0.4, 0.5) is 0 Å². The lowest BCUT2D eigenvalue weighted by molar-refractivity contribution is 0.0227. The number of aliphatic hydroxyl groups excluding tert-OH is 2.